The number of hydrogen-bond acceptors (Lipinski definition) is 5. The van der Waals surface area contributed by atoms with E-state index in [1.807, 2.05) is 36.4 Å². The average Bonchev–Trinajstić information content (AvgIpc) is 3.29. The number of methoxy groups -OCH3 is 1. The number of amides is 1. The molecular weight excluding hydrogens is 400 g/mol. The Balaban J connectivity index is 1.52. The van der Waals surface area contributed by atoms with E-state index in [1.54, 1.807) is 24.3 Å². The van der Waals surface area contributed by atoms with E-state index in [2.05, 4.69) is 4.98 Å². The van der Waals surface area contributed by atoms with E-state index in [4.69, 9.17) is 4.74 Å². The van der Waals surface area contributed by atoms with Crippen molar-refractivity contribution in [2.24, 2.45) is 0 Å². The van der Waals surface area contributed by atoms with Crippen molar-refractivity contribution < 1.29 is 19.4 Å². The fraction of sp³-hybridized carbons (Fsp3) is 0.261. The molecule has 3 heterocycles. The number of carboxylic acids is 1. The summed E-state index contributed by atoms with van der Waals surface area (Å²) >= 11 is 1.32. The lowest BCUT2D eigenvalue weighted by molar-refractivity contribution is -0.123. The summed E-state index contributed by atoms with van der Waals surface area (Å²) in [6.07, 6.45) is 3.59. The Morgan fingerprint density at radius 3 is 2.83 bits per heavy atom. The van der Waals surface area contributed by atoms with Gasteiger partial charge in [0, 0.05) is 16.6 Å². The van der Waals surface area contributed by atoms with E-state index in [0.717, 1.165) is 27.3 Å². The van der Waals surface area contributed by atoms with E-state index in [0.29, 0.717) is 36.5 Å². The fourth-order valence-corrected chi connectivity index (χ4v) is 5.62. The van der Waals surface area contributed by atoms with Gasteiger partial charge in [0.05, 0.1) is 19.1 Å². The van der Waals surface area contributed by atoms with Gasteiger partial charge in [0.1, 0.15) is 16.4 Å². The second-order valence-electron chi connectivity index (χ2n) is 7.74. The van der Waals surface area contributed by atoms with Gasteiger partial charge < -0.3 is 9.84 Å². The first-order chi connectivity index (χ1) is 14.5. The summed E-state index contributed by atoms with van der Waals surface area (Å²) in [5, 5.41) is 9.36. The van der Waals surface area contributed by atoms with Crippen molar-refractivity contribution in [3.63, 3.8) is 0 Å². The molecule has 0 saturated carbocycles. The van der Waals surface area contributed by atoms with E-state index in [-0.39, 0.29) is 5.91 Å². The lowest BCUT2D eigenvalue weighted by atomic mass is 9.70. The summed E-state index contributed by atoms with van der Waals surface area (Å²) in [4.78, 5) is 32.9. The number of rotatable bonds is 4. The molecule has 5 rings (SSSR count). The molecule has 3 aromatic rings. The second kappa shape index (κ2) is 6.95. The first kappa shape index (κ1) is 18.8. The standard InChI is InChI=1S/C23H20N2O4S/c1-29-16-6-4-14(5-7-16)13-25-20-17(3-2-10-24-20)23(22(25)28)9-8-18-15(12-23)11-19(30-18)21(26)27/h2-7,10-11H,8-9,12-13H2,1H3,(H,26,27). The van der Waals surface area contributed by atoms with E-state index >= 15 is 0 Å². The number of thiophene rings is 1. The Morgan fingerprint density at radius 2 is 2.10 bits per heavy atom. The number of aryl methyl sites for hydroxylation is 1. The molecule has 1 aliphatic carbocycles. The number of aromatic nitrogens is 1. The van der Waals surface area contributed by atoms with E-state index < -0.39 is 11.4 Å². The normalized spacial score (nSPS) is 19.6. The first-order valence-corrected chi connectivity index (χ1v) is 10.6. The molecule has 152 valence electrons. The lowest BCUT2D eigenvalue weighted by Crippen LogP contribution is -2.43. The summed E-state index contributed by atoms with van der Waals surface area (Å²) < 4.78 is 5.22. The number of aromatic carboxylic acids is 1. The van der Waals surface area contributed by atoms with Crippen molar-refractivity contribution in [1.29, 1.82) is 0 Å². The highest BCUT2D eigenvalue weighted by Crippen LogP contribution is 2.49. The maximum absolute atomic E-state index is 13.8. The molecular formula is C23H20N2O4S. The third-order valence-corrected chi connectivity index (χ3v) is 7.32. The number of ether oxygens (including phenoxy) is 1. The van der Waals surface area contributed by atoms with Crippen molar-refractivity contribution >= 4 is 29.0 Å². The second-order valence-corrected chi connectivity index (χ2v) is 8.87. The van der Waals surface area contributed by atoms with Crippen molar-refractivity contribution in [3.8, 4) is 5.75 Å². The van der Waals surface area contributed by atoms with Crippen LogP contribution in [0.4, 0.5) is 5.82 Å². The Labute approximate surface area is 177 Å². The number of hydrogen-bond donors (Lipinski definition) is 1. The first-order valence-electron chi connectivity index (χ1n) is 9.77. The highest BCUT2D eigenvalue weighted by Gasteiger charge is 2.53. The summed E-state index contributed by atoms with van der Waals surface area (Å²) in [6, 6.07) is 13.3. The van der Waals surface area contributed by atoms with Crippen LogP contribution in [0.15, 0.2) is 48.7 Å². The lowest BCUT2D eigenvalue weighted by Gasteiger charge is -2.32. The maximum Gasteiger partial charge on any atom is 0.345 e. The molecule has 7 heteroatoms. The van der Waals surface area contributed by atoms with Gasteiger partial charge in [-0.25, -0.2) is 9.78 Å². The SMILES string of the molecule is COc1ccc(CN2C(=O)C3(CCc4sc(C(=O)O)cc4C3)c3cccnc32)cc1. The zero-order valence-electron chi connectivity index (χ0n) is 16.4. The molecule has 1 unspecified atom stereocenters. The number of carbonyl (C=O) groups excluding carboxylic acids is 1. The van der Waals surface area contributed by atoms with E-state index in [1.165, 1.54) is 11.3 Å². The van der Waals surface area contributed by atoms with Crippen molar-refractivity contribution in [1.82, 2.24) is 4.98 Å². The van der Waals surface area contributed by atoms with Crippen molar-refractivity contribution in [3.05, 3.63) is 75.1 Å². The molecule has 1 amide bonds. The zero-order chi connectivity index (χ0) is 20.9. The molecule has 0 fully saturated rings. The predicted octanol–water partition coefficient (Wildman–Crippen LogP) is 3.82. The quantitative estimate of drug-likeness (QED) is 0.694. The van der Waals surface area contributed by atoms with Crippen LogP contribution in [0.3, 0.4) is 0 Å². The van der Waals surface area contributed by atoms with Gasteiger partial charge in [-0.15, -0.1) is 11.3 Å². The number of pyridine rings is 1. The highest BCUT2D eigenvalue weighted by atomic mass is 32.1. The van der Waals surface area contributed by atoms with Crippen LogP contribution in [-0.2, 0) is 29.6 Å². The molecule has 30 heavy (non-hydrogen) atoms. The van der Waals surface area contributed by atoms with Gasteiger partial charge in [-0.05, 0) is 54.7 Å². The Kier molecular flexibility index (Phi) is 4.36. The minimum Gasteiger partial charge on any atom is -0.497 e. The van der Waals surface area contributed by atoms with Crippen LogP contribution < -0.4 is 9.64 Å². The van der Waals surface area contributed by atoms with Crippen molar-refractivity contribution in [2.45, 2.75) is 31.2 Å². The maximum atomic E-state index is 13.8. The predicted molar refractivity (Wildman–Crippen MR) is 113 cm³/mol. The Bertz CT molecular complexity index is 1150. The zero-order valence-corrected chi connectivity index (χ0v) is 17.2. The number of fused-ring (bicyclic) bond motifs is 3. The van der Waals surface area contributed by atoms with Crippen LogP contribution in [0.1, 0.15) is 37.7 Å². The minimum atomic E-state index is -0.913. The molecule has 2 aliphatic rings. The van der Waals surface area contributed by atoms with Gasteiger partial charge in [-0.3, -0.25) is 9.69 Å². The number of nitrogens with zero attached hydrogens (tertiary/aromatic N) is 2. The molecule has 1 aliphatic heterocycles. The summed E-state index contributed by atoms with van der Waals surface area (Å²) in [6.45, 7) is 0.436. The molecule has 2 aromatic heterocycles. The topological polar surface area (TPSA) is 79.7 Å². The minimum absolute atomic E-state index is 0.0424. The van der Waals surface area contributed by atoms with Gasteiger partial charge in [0.2, 0.25) is 5.91 Å². The van der Waals surface area contributed by atoms with Crippen LogP contribution in [0.25, 0.3) is 0 Å². The monoisotopic (exact) mass is 420 g/mol. The van der Waals surface area contributed by atoms with Crippen LogP contribution in [0, 0.1) is 0 Å². The third kappa shape index (κ3) is 2.81. The molecule has 1 atom stereocenters. The van der Waals surface area contributed by atoms with Gasteiger partial charge >= 0.3 is 5.97 Å². The third-order valence-electron chi connectivity index (χ3n) is 6.09. The Hall–Kier alpha value is -3.19. The van der Waals surface area contributed by atoms with E-state index in [9.17, 15) is 14.7 Å². The molecule has 1 spiro atoms. The molecule has 6 nitrogen and oxygen atoms in total. The number of carboxylic acid groups (broad SMARTS) is 1. The van der Waals surface area contributed by atoms with Crippen LogP contribution >= 0.6 is 11.3 Å². The molecule has 0 radical (unpaired) electrons. The number of anilines is 1. The molecule has 0 saturated heterocycles. The number of benzene rings is 1. The van der Waals surface area contributed by atoms with Crippen LogP contribution in [0.2, 0.25) is 0 Å². The smallest absolute Gasteiger partial charge is 0.345 e. The average molecular weight is 420 g/mol. The highest BCUT2D eigenvalue weighted by molar-refractivity contribution is 7.14. The van der Waals surface area contributed by atoms with Crippen LogP contribution in [0.5, 0.6) is 5.75 Å². The summed E-state index contributed by atoms with van der Waals surface area (Å²) in [7, 11) is 1.63. The molecule has 1 N–H and O–H groups in total. The number of carbonyl (C=O) groups is 2. The van der Waals surface area contributed by atoms with Gasteiger partial charge in [-0.2, -0.15) is 0 Å². The van der Waals surface area contributed by atoms with Crippen molar-refractivity contribution in [2.75, 3.05) is 12.0 Å². The van der Waals surface area contributed by atoms with Crippen LogP contribution in [-0.4, -0.2) is 29.1 Å². The Morgan fingerprint density at radius 1 is 1.30 bits per heavy atom. The molecule has 0 bridgehead atoms. The van der Waals surface area contributed by atoms with Gasteiger partial charge in [-0.1, -0.05) is 18.2 Å². The van der Waals surface area contributed by atoms with Gasteiger partial charge in [0.15, 0.2) is 0 Å². The largest absolute Gasteiger partial charge is 0.497 e. The van der Waals surface area contributed by atoms with Gasteiger partial charge in [0.25, 0.3) is 0 Å². The summed E-state index contributed by atoms with van der Waals surface area (Å²) in [5.74, 6) is 0.605. The fourth-order valence-electron chi connectivity index (χ4n) is 4.60. The molecule has 1 aromatic carbocycles. The summed E-state index contributed by atoms with van der Waals surface area (Å²) in [5.41, 5.74) is 2.23.